The first-order valence-corrected chi connectivity index (χ1v) is 7.19. The fourth-order valence-electron chi connectivity index (χ4n) is 1.63. The minimum atomic E-state index is 0.00181. The van der Waals surface area contributed by atoms with E-state index in [0.29, 0.717) is 23.9 Å². The number of amides is 1. The molecule has 2 N–H and O–H groups in total. The Morgan fingerprint density at radius 1 is 1.42 bits per heavy atom. The summed E-state index contributed by atoms with van der Waals surface area (Å²) < 4.78 is 6.12. The van der Waals surface area contributed by atoms with Crippen molar-refractivity contribution in [2.45, 2.75) is 32.7 Å². The summed E-state index contributed by atoms with van der Waals surface area (Å²) in [5.74, 6) is 0.666. The van der Waals surface area contributed by atoms with Crippen molar-refractivity contribution in [3.63, 3.8) is 0 Å². The Hall–Kier alpha value is -1.07. The fourth-order valence-corrected chi connectivity index (χ4v) is 1.99. The van der Waals surface area contributed by atoms with E-state index < -0.39 is 0 Å². The summed E-state index contributed by atoms with van der Waals surface area (Å²) in [4.78, 5) is 11.8. The molecule has 0 spiro atoms. The van der Waals surface area contributed by atoms with Gasteiger partial charge in [-0.2, -0.15) is 0 Å². The molecule has 0 heterocycles. The van der Waals surface area contributed by atoms with Crippen LogP contribution in [0.1, 0.15) is 26.7 Å². The van der Waals surface area contributed by atoms with Gasteiger partial charge in [-0.05, 0) is 31.2 Å². The highest BCUT2D eigenvalue weighted by atomic mass is 79.9. The van der Waals surface area contributed by atoms with Gasteiger partial charge in [-0.15, -0.1) is 0 Å². The van der Waals surface area contributed by atoms with E-state index in [2.05, 4.69) is 40.4 Å². The van der Waals surface area contributed by atoms with Gasteiger partial charge < -0.3 is 15.4 Å². The minimum absolute atomic E-state index is 0.00181. The quantitative estimate of drug-likeness (QED) is 0.756. The molecular weight excluding hydrogens is 308 g/mol. The van der Waals surface area contributed by atoms with E-state index in [0.717, 1.165) is 17.4 Å². The van der Waals surface area contributed by atoms with Gasteiger partial charge >= 0.3 is 0 Å². The largest absolute Gasteiger partial charge is 0.495 e. The Labute approximate surface area is 123 Å². The molecule has 0 saturated carbocycles. The highest BCUT2D eigenvalue weighted by molar-refractivity contribution is 9.10. The number of ether oxygens (including phenoxy) is 1. The number of hydrogen-bond acceptors (Lipinski definition) is 3. The summed E-state index contributed by atoms with van der Waals surface area (Å²) >= 11 is 3.38. The molecule has 1 aromatic rings. The molecule has 0 aliphatic rings. The number of hydrogen-bond donors (Lipinski definition) is 2. The average molecular weight is 329 g/mol. The van der Waals surface area contributed by atoms with Gasteiger partial charge in [0.1, 0.15) is 5.75 Å². The first kappa shape index (κ1) is 16.0. The highest BCUT2D eigenvalue weighted by Gasteiger charge is 2.08. The van der Waals surface area contributed by atoms with Crippen molar-refractivity contribution in [2.24, 2.45) is 0 Å². The van der Waals surface area contributed by atoms with Crippen LogP contribution in [-0.4, -0.2) is 25.6 Å². The molecule has 4 nitrogen and oxygen atoms in total. The summed E-state index contributed by atoms with van der Waals surface area (Å²) in [7, 11) is 1.59. The van der Waals surface area contributed by atoms with Gasteiger partial charge in [-0.1, -0.05) is 29.8 Å². The first-order chi connectivity index (χ1) is 9.02. The van der Waals surface area contributed by atoms with Gasteiger partial charge in [-0.3, -0.25) is 4.79 Å². The summed E-state index contributed by atoms with van der Waals surface area (Å²) in [6.07, 6.45) is 1.32. The molecule has 0 atom stereocenters. The van der Waals surface area contributed by atoms with Crippen LogP contribution in [0.15, 0.2) is 22.7 Å². The molecule has 1 aromatic carbocycles. The molecule has 0 aliphatic carbocycles. The minimum Gasteiger partial charge on any atom is -0.495 e. The standard InChI is InChI=1S/C14H21BrN2O2/c1-10(2)16-8-4-5-14(18)17-12-9-11(15)6-7-13(12)19-3/h6-7,9-10,16H,4-5,8H2,1-3H3,(H,17,18). The van der Waals surface area contributed by atoms with Crippen LogP contribution in [0.3, 0.4) is 0 Å². The molecule has 0 aliphatic heterocycles. The van der Waals surface area contributed by atoms with Crippen molar-refractivity contribution < 1.29 is 9.53 Å². The van der Waals surface area contributed by atoms with Crippen molar-refractivity contribution >= 4 is 27.5 Å². The van der Waals surface area contributed by atoms with Crippen LogP contribution in [0.25, 0.3) is 0 Å². The van der Waals surface area contributed by atoms with Crippen molar-refractivity contribution in [3.05, 3.63) is 22.7 Å². The number of rotatable bonds is 7. The zero-order valence-electron chi connectivity index (χ0n) is 11.6. The zero-order valence-corrected chi connectivity index (χ0v) is 13.2. The zero-order chi connectivity index (χ0) is 14.3. The molecule has 1 rings (SSSR count). The molecule has 106 valence electrons. The fraction of sp³-hybridized carbons (Fsp3) is 0.500. The van der Waals surface area contributed by atoms with E-state index in [-0.39, 0.29) is 5.91 Å². The molecule has 0 bridgehead atoms. The Kier molecular flexibility index (Phi) is 6.87. The van der Waals surface area contributed by atoms with Crippen LogP contribution in [-0.2, 0) is 4.79 Å². The third-order valence-corrected chi connectivity index (χ3v) is 3.06. The number of nitrogens with one attached hydrogen (secondary N) is 2. The van der Waals surface area contributed by atoms with E-state index in [1.165, 1.54) is 0 Å². The molecule has 0 radical (unpaired) electrons. The molecule has 0 fully saturated rings. The van der Waals surface area contributed by atoms with Crippen molar-refractivity contribution in [2.75, 3.05) is 19.0 Å². The van der Waals surface area contributed by atoms with Gasteiger partial charge in [0.05, 0.1) is 12.8 Å². The van der Waals surface area contributed by atoms with Crippen molar-refractivity contribution in [1.82, 2.24) is 5.32 Å². The lowest BCUT2D eigenvalue weighted by atomic mass is 10.2. The van der Waals surface area contributed by atoms with Crippen LogP contribution < -0.4 is 15.4 Å². The number of anilines is 1. The first-order valence-electron chi connectivity index (χ1n) is 6.39. The highest BCUT2D eigenvalue weighted by Crippen LogP contribution is 2.27. The van der Waals surface area contributed by atoms with Crippen molar-refractivity contribution in [3.8, 4) is 5.75 Å². The second kappa shape index (κ2) is 8.17. The molecular formula is C14H21BrN2O2. The van der Waals surface area contributed by atoms with Crippen LogP contribution >= 0.6 is 15.9 Å². The lowest BCUT2D eigenvalue weighted by Crippen LogP contribution is -2.24. The van der Waals surface area contributed by atoms with Crippen LogP contribution in [0.5, 0.6) is 5.75 Å². The number of halogens is 1. The maximum absolute atomic E-state index is 11.8. The smallest absolute Gasteiger partial charge is 0.224 e. The Balaban J connectivity index is 2.45. The molecule has 0 unspecified atom stereocenters. The Morgan fingerprint density at radius 3 is 2.79 bits per heavy atom. The van der Waals surface area contributed by atoms with Crippen molar-refractivity contribution in [1.29, 1.82) is 0 Å². The van der Waals surface area contributed by atoms with E-state index in [1.807, 2.05) is 18.2 Å². The SMILES string of the molecule is COc1ccc(Br)cc1NC(=O)CCCNC(C)C. The van der Waals surface area contributed by atoms with E-state index in [9.17, 15) is 4.79 Å². The number of carbonyl (C=O) groups excluding carboxylic acids is 1. The van der Waals surface area contributed by atoms with Crippen LogP contribution in [0.2, 0.25) is 0 Å². The second-order valence-electron chi connectivity index (χ2n) is 4.61. The van der Waals surface area contributed by atoms with Gasteiger partial charge in [0.2, 0.25) is 5.91 Å². The normalized spacial score (nSPS) is 10.6. The van der Waals surface area contributed by atoms with Gasteiger partial charge in [-0.25, -0.2) is 0 Å². The summed E-state index contributed by atoms with van der Waals surface area (Å²) in [5, 5.41) is 6.15. The Bertz CT molecular complexity index is 422. The average Bonchev–Trinajstić information content (AvgIpc) is 2.35. The molecule has 1 amide bonds. The van der Waals surface area contributed by atoms with Crippen LogP contribution in [0, 0.1) is 0 Å². The third kappa shape index (κ3) is 6.07. The number of carbonyl (C=O) groups is 1. The maximum atomic E-state index is 11.8. The monoisotopic (exact) mass is 328 g/mol. The number of methoxy groups -OCH3 is 1. The lowest BCUT2D eigenvalue weighted by molar-refractivity contribution is -0.116. The third-order valence-electron chi connectivity index (χ3n) is 2.57. The summed E-state index contributed by atoms with van der Waals surface area (Å²) in [6.45, 7) is 5.03. The predicted octanol–water partition coefficient (Wildman–Crippen LogP) is 3.17. The number of benzene rings is 1. The van der Waals surface area contributed by atoms with Crippen LogP contribution in [0.4, 0.5) is 5.69 Å². The van der Waals surface area contributed by atoms with E-state index >= 15 is 0 Å². The summed E-state index contributed by atoms with van der Waals surface area (Å²) in [6, 6.07) is 5.98. The van der Waals surface area contributed by atoms with Gasteiger partial charge in [0.25, 0.3) is 0 Å². The Morgan fingerprint density at radius 2 is 2.16 bits per heavy atom. The lowest BCUT2D eigenvalue weighted by Gasteiger charge is -2.11. The van der Waals surface area contributed by atoms with Gasteiger partial charge in [0, 0.05) is 16.9 Å². The topological polar surface area (TPSA) is 50.4 Å². The summed E-state index contributed by atoms with van der Waals surface area (Å²) in [5.41, 5.74) is 0.693. The molecule has 19 heavy (non-hydrogen) atoms. The van der Waals surface area contributed by atoms with E-state index in [4.69, 9.17) is 4.74 Å². The van der Waals surface area contributed by atoms with Gasteiger partial charge in [0.15, 0.2) is 0 Å². The molecule has 5 heteroatoms. The predicted molar refractivity (Wildman–Crippen MR) is 81.7 cm³/mol. The van der Waals surface area contributed by atoms with E-state index in [1.54, 1.807) is 7.11 Å². The second-order valence-corrected chi connectivity index (χ2v) is 5.52. The maximum Gasteiger partial charge on any atom is 0.224 e. The molecule has 0 aromatic heterocycles. The molecule has 0 saturated heterocycles.